The number of aliphatic carboxylic acids is 1. The normalized spacial score (nSPS) is 14.6. The van der Waals surface area contributed by atoms with Crippen molar-refractivity contribution in [3.8, 4) is 0 Å². The highest BCUT2D eigenvalue weighted by Crippen LogP contribution is 2.17. The highest BCUT2D eigenvalue weighted by Gasteiger charge is 2.07. The minimum Gasteiger partial charge on any atom is -0.481 e. The summed E-state index contributed by atoms with van der Waals surface area (Å²) in [6.45, 7) is 10.7. The van der Waals surface area contributed by atoms with E-state index in [1.165, 1.54) is 0 Å². The van der Waals surface area contributed by atoms with Crippen molar-refractivity contribution in [3.63, 3.8) is 0 Å². The molecule has 0 aromatic rings. The molecule has 0 saturated carbocycles. The van der Waals surface area contributed by atoms with Crippen LogP contribution in [-0.4, -0.2) is 24.0 Å². The first-order chi connectivity index (χ1) is 12.0. The summed E-state index contributed by atoms with van der Waals surface area (Å²) < 4.78 is 0. The van der Waals surface area contributed by atoms with E-state index in [4.69, 9.17) is 5.11 Å². The first kappa shape index (κ1) is 24.9. The van der Waals surface area contributed by atoms with Crippen molar-refractivity contribution < 1.29 is 14.7 Å². The number of rotatable bonds is 9. The van der Waals surface area contributed by atoms with Gasteiger partial charge in [-0.05, 0) is 32.4 Å². The summed E-state index contributed by atoms with van der Waals surface area (Å²) >= 11 is 0. The topological polar surface area (TPSA) is 78.4 Å². The lowest BCUT2D eigenvalue weighted by Gasteiger charge is -2.15. The maximum absolute atomic E-state index is 9.76. The number of nitrogens with one attached hydrogen (secondary N) is 2. The first-order valence-electron chi connectivity index (χ1n) is 8.81. The molecular formula is C20H34N2O3. The third-order valence-corrected chi connectivity index (χ3v) is 3.09. The van der Waals surface area contributed by atoms with Gasteiger partial charge in [0.2, 0.25) is 6.41 Å². The number of allylic oxidation sites excluding steroid dienone is 5. The second kappa shape index (κ2) is 19.7. The largest absolute Gasteiger partial charge is 0.481 e. The van der Waals surface area contributed by atoms with Crippen molar-refractivity contribution in [1.82, 2.24) is 10.6 Å². The van der Waals surface area contributed by atoms with E-state index in [2.05, 4.69) is 41.5 Å². The highest BCUT2D eigenvalue weighted by atomic mass is 16.4. The van der Waals surface area contributed by atoms with Crippen molar-refractivity contribution >= 4 is 12.4 Å². The Morgan fingerprint density at radius 2 is 2.04 bits per heavy atom. The van der Waals surface area contributed by atoms with Crippen molar-refractivity contribution in [2.75, 3.05) is 6.54 Å². The molecule has 0 radical (unpaired) electrons. The second-order valence-electron chi connectivity index (χ2n) is 5.39. The molecule has 0 aromatic heterocycles. The van der Waals surface area contributed by atoms with E-state index in [0.717, 1.165) is 37.9 Å². The Labute approximate surface area is 152 Å². The van der Waals surface area contributed by atoms with Crippen molar-refractivity contribution in [3.05, 3.63) is 48.9 Å². The average molecular weight is 351 g/mol. The van der Waals surface area contributed by atoms with Crippen LogP contribution in [-0.2, 0) is 9.59 Å². The van der Waals surface area contributed by atoms with E-state index >= 15 is 0 Å². The van der Waals surface area contributed by atoms with Crippen LogP contribution in [0.2, 0.25) is 0 Å². The van der Waals surface area contributed by atoms with Crippen LogP contribution < -0.4 is 10.6 Å². The summed E-state index contributed by atoms with van der Waals surface area (Å²) in [7, 11) is 0. The van der Waals surface area contributed by atoms with Crippen LogP contribution in [0.5, 0.6) is 0 Å². The third kappa shape index (κ3) is 19.7. The molecule has 0 bridgehead atoms. The summed E-state index contributed by atoms with van der Waals surface area (Å²) in [6, 6.07) is 0. The van der Waals surface area contributed by atoms with E-state index in [1.54, 1.807) is 0 Å². The second-order valence-corrected chi connectivity index (χ2v) is 5.39. The Bertz CT molecular complexity index is 440. The molecule has 142 valence electrons. The van der Waals surface area contributed by atoms with Gasteiger partial charge < -0.3 is 15.7 Å². The number of unbranched alkanes of at least 4 members (excludes halogenated alkanes) is 1. The van der Waals surface area contributed by atoms with E-state index in [0.29, 0.717) is 18.7 Å². The van der Waals surface area contributed by atoms with Gasteiger partial charge in [0.1, 0.15) is 0 Å². The lowest BCUT2D eigenvalue weighted by atomic mass is 9.98. The number of carbonyl (C=O) groups excluding carboxylic acids is 1. The summed E-state index contributed by atoms with van der Waals surface area (Å²) in [5.74, 6) is -0.243. The maximum Gasteiger partial charge on any atom is 0.303 e. The molecule has 1 atom stereocenters. The van der Waals surface area contributed by atoms with Gasteiger partial charge in [-0.3, -0.25) is 9.59 Å². The molecule has 25 heavy (non-hydrogen) atoms. The molecule has 1 unspecified atom stereocenters. The van der Waals surface area contributed by atoms with Gasteiger partial charge in [-0.25, -0.2) is 0 Å². The van der Waals surface area contributed by atoms with Crippen LogP contribution in [0.3, 0.4) is 0 Å². The van der Waals surface area contributed by atoms with Crippen LogP contribution in [0, 0.1) is 5.92 Å². The van der Waals surface area contributed by atoms with Gasteiger partial charge in [-0.15, -0.1) is 0 Å². The van der Waals surface area contributed by atoms with E-state index in [-0.39, 0.29) is 0 Å². The van der Waals surface area contributed by atoms with Crippen LogP contribution in [0.25, 0.3) is 0 Å². The van der Waals surface area contributed by atoms with Gasteiger partial charge in [0.25, 0.3) is 0 Å². The van der Waals surface area contributed by atoms with Crippen LogP contribution in [0.4, 0.5) is 0 Å². The SMILES string of the molecule is C=C(N/C=C\C)C1C=CC=CC1.CCCCC(=O)O.CCCNC=O. The monoisotopic (exact) mass is 350 g/mol. The van der Waals surface area contributed by atoms with Crippen LogP contribution in [0.15, 0.2) is 48.9 Å². The lowest BCUT2D eigenvalue weighted by Crippen LogP contribution is -2.12. The van der Waals surface area contributed by atoms with Crippen molar-refractivity contribution in [1.29, 1.82) is 0 Å². The summed E-state index contributed by atoms with van der Waals surface area (Å²) in [4.78, 5) is 19.2. The molecule has 0 aliphatic heterocycles. The fourth-order valence-corrected chi connectivity index (χ4v) is 1.67. The van der Waals surface area contributed by atoms with Gasteiger partial charge in [0.15, 0.2) is 0 Å². The number of hydrogen-bond acceptors (Lipinski definition) is 3. The van der Waals surface area contributed by atoms with Gasteiger partial charge in [0.05, 0.1) is 0 Å². The zero-order valence-electron chi connectivity index (χ0n) is 15.8. The summed E-state index contributed by atoms with van der Waals surface area (Å²) in [6.07, 6.45) is 17.2. The Kier molecular flexibility index (Phi) is 19.7. The number of carbonyl (C=O) groups is 2. The molecule has 0 saturated heterocycles. The lowest BCUT2D eigenvalue weighted by molar-refractivity contribution is -0.137. The van der Waals surface area contributed by atoms with Crippen molar-refractivity contribution in [2.24, 2.45) is 5.92 Å². The van der Waals surface area contributed by atoms with Gasteiger partial charge in [-0.2, -0.15) is 0 Å². The standard InChI is InChI=1S/C11H15N.C5H10O2.C4H9NO/c1-3-9-12-10(2)11-7-5-4-6-8-11;1-2-3-4-5(6)7;1-2-3-5-4-6/h3-7,9,11-12H,2,8H2,1H3;2-4H2,1H3,(H,6,7);4H,2-3H2,1H3,(H,5,6)/b9-3-;;. The molecule has 5 heteroatoms. The molecule has 1 amide bonds. The Balaban J connectivity index is 0. The number of hydrogen-bond donors (Lipinski definition) is 3. The fraction of sp³-hybridized carbons (Fsp3) is 0.500. The molecule has 0 aromatic carbocycles. The molecule has 1 rings (SSSR count). The maximum atomic E-state index is 9.76. The minimum atomic E-state index is -0.693. The number of carboxylic acid groups (broad SMARTS) is 1. The number of carboxylic acids is 1. The van der Waals surface area contributed by atoms with E-state index in [9.17, 15) is 9.59 Å². The zero-order valence-corrected chi connectivity index (χ0v) is 15.8. The smallest absolute Gasteiger partial charge is 0.303 e. The predicted molar refractivity (Wildman–Crippen MR) is 105 cm³/mol. The summed E-state index contributed by atoms with van der Waals surface area (Å²) in [5, 5.41) is 13.7. The molecule has 1 aliphatic rings. The zero-order chi connectivity index (χ0) is 19.3. The number of amides is 1. The van der Waals surface area contributed by atoms with Crippen LogP contribution >= 0.6 is 0 Å². The molecule has 0 heterocycles. The fourth-order valence-electron chi connectivity index (χ4n) is 1.67. The predicted octanol–water partition coefficient (Wildman–Crippen LogP) is 4.16. The summed E-state index contributed by atoms with van der Waals surface area (Å²) in [5.41, 5.74) is 1.06. The Hall–Kier alpha value is -2.30. The average Bonchev–Trinajstić information content (AvgIpc) is 2.64. The van der Waals surface area contributed by atoms with Crippen molar-refractivity contribution in [2.45, 2.75) is 52.9 Å². The molecule has 3 N–H and O–H groups in total. The Morgan fingerprint density at radius 1 is 1.32 bits per heavy atom. The molecule has 1 aliphatic carbocycles. The third-order valence-electron chi connectivity index (χ3n) is 3.09. The van der Waals surface area contributed by atoms with Gasteiger partial charge in [0, 0.05) is 24.6 Å². The minimum absolute atomic E-state index is 0.316. The Morgan fingerprint density at radius 3 is 2.40 bits per heavy atom. The van der Waals surface area contributed by atoms with Crippen LogP contribution in [0.1, 0.15) is 52.9 Å². The van der Waals surface area contributed by atoms with Gasteiger partial charge >= 0.3 is 5.97 Å². The molecular weight excluding hydrogens is 316 g/mol. The van der Waals surface area contributed by atoms with E-state index in [1.807, 2.05) is 33.0 Å². The quantitative estimate of drug-likeness (QED) is 0.431. The molecule has 5 nitrogen and oxygen atoms in total. The highest BCUT2D eigenvalue weighted by molar-refractivity contribution is 5.66. The first-order valence-corrected chi connectivity index (χ1v) is 8.81. The molecule has 0 spiro atoms. The molecule has 0 fully saturated rings. The van der Waals surface area contributed by atoms with Gasteiger partial charge in [-0.1, -0.05) is 57.2 Å². The van der Waals surface area contributed by atoms with E-state index < -0.39 is 5.97 Å².